The van der Waals surface area contributed by atoms with Crippen molar-refractivity contribution < 1.29 is 10.2 Å². The maximum atomic E-state index is 10.5. The zero-order valence-corrected chi connectivity index (χ0v) is 13.7. The van der Waals surface area contributed by atoms with Crippen molar-refractivity contribution in [2.75, 3.05) is 5.88 Å². The van der Waals surface area contributed by atoms with Crippen LogP contribution in [0.3, 0.4) is 0 Å². The lowest BCUT2D eigenvalue weighted by Crippen LogP contribution is -2.36. The highest BCUT2D eigenvalue weighted by Crippen LogP contribution is 2.31. The van der Waals surface area contributed by atoms with Gasteiger partial charge in [0.2, 0.25) is 0 Å². The minimum atomic E-state index is -0.808. The standard InChI is InChI=1S/C18H20Cl2O2/c19-12-16(22)17(14-9-5-2-6-10-14)18(20)15(21)11-13-7-3-1-4-8-13/h1-10,15-18,21-22H,11-12H2/t15-,16?,17?,18+/m1/s1. The van der Waals surface area contributed by atoms with Gasteiger partial charge in [0.1, 0.15) is 0 Å². The number of benzene rings is 2. The lowest BCUT2D eigenvalue weighted by atomic mass is 9.86. The molecule has 2 nitrogen and oxygen atoms in total. The first kappa shape index (κ1) is 17.3. The molecule has 2 aromatic rings. The number of alkyl halides is 2. The summed E-state index contributed by atoms with van der Waals surface area (Å²) in [6, 6.07) is 19.1. The molecule has 0 aromatic heterocycles. The molecule has 2 rings (SSSR count). The molecule has 0 heterocycles. The van der Waals surface area contributed by atoms with Crippen LogP contribution in [0.2, 0.25) is 0 Å². The average Bonchev–Trinajstić information content (AvgIpc) is 2.56. The van der Waals surface area contributed by atoms with Crippen LogP contribution in [0.4, 0.5) is 0 Å². The van der Waals surface area contributed by atoms with Crippen LogP contribution in [0, 0.1) is 0 Å². The first-order valence-electron chi connectivity index (χ1n) is 7.28. The van der Waals surface area contributed by atoms with Gasteiger partial charge in [0, 0.05) is 11.8 Å². The number of hydrogen-bond acceptors (Lipinski definition) is 2. The van der Waals surface area contributed by atoms with E-state index >= 15 is 0 Å². The van der Waals surface area contributed by atoms with Crippen molar-refractivity contribution in [2.45, 2.75) is 29.9 Å². The van der Waals surface area contributed by atoms with E-state index in [4.69, 9.17) is 23.2 Å². The minimum Gasteiger partial charge on any atom is -0.391 e. The monoisotopic (exact) mass is 338 g/mol. The third kappa shape index (κ3) is 4.47. The molecule has 0 spiro atoms. The molecule has 4 heteroatoms. The molecule has 2 aromatic carbocycles. The molecule has 0 radical (unpaired) electrons. The summed E-state index contributed by atoms with van der Waals surface area (Å²) in [5, 5.41) is 20.1. The molecule has 0 saturated carbocycles. The van der Waals surface area contributed by atoms with Gasteiger partial charge >= 0.3 is 0 Å². The van der Waals surface area contributed by atoms with E-state index in [1.54, 1.807) is 0 Å². The molecule has 0 aliphatic carbocycles. The van der Waals surface area contributed by atoms with Crippen molar-refractivity contribution >= 4 is 23.2 Å². The van der Waals surface area contributed by atoms with Gasteiger partial charge in [0.15, 0.2) is 0 Å². The Morgan fingerprint density at radius 3 is 1.91 bits per heavy atom. The smallest absolute Gasteiger partial charge is 0.0759 e. The van der Waals surface area contributed by atoms with E-state index in [1.165, 1.54) is 0 Å². The van der Waals surface area contributed by atoms with E-state index in [2.05, 4.69) is 0 Å². The molecule has 22 heavy (non-hydrogen) atoms. The molecular formula is C18H20Cl2O2. The lowest BCUT2D eigenvalue weighted by Gasteiger charge is -2.29. The first-order valence-corrected chi connectivity index (χ1v) is 8.25. The van der Waals surface area contributed by atoms with Gasteiger partial charge in [-0.15, -0.1) is 23.2 Å². The van der Waals surface area contributed by atoms with Crippen molar-refractivity contribution in [3.63, 3.8) is 0 Å². The summed E-state index contributed by atoms with van der Waals surface area (Å²) in [5.74, 6) is -0.347. The second-order valence-corrected chi connectivity index (χ2v) is 6.17. The number of aliphatic hydroxyl groups is 2. The SMILES string of the molecule is OC(CCl)C(c1ccccc1)[C@@H](Cl)[C@H](O)Cc1ccccc1. The van der Waals surface area contributed by atoms with E-state index in [-0.39, 0.29) is 5.88 Å². The Bertz CT molecular complexity index is 548. The Morgan fingerprint density at radius 2 is 1.36 bits per heavy atom. The second kappa shape index (κ2) is 8.54. The number of hydrogen-bond donors (Lipinski definition) is 2. The molecule has 0 bridgehead atoms. The maximum absolute atomic E-state index is 10.5. The summed E-state index contributed by atoms with van der Waals surface area (Å²) in [6.45, 7) is 0. The summed E-state index contributed by atoms with van der Waals surface area (Å²) in [4.78, 5) is 0. The van der Waals surface area contributed by atoms with Gasteiger partial charge in [0.25, 0.3) is 0 Å². The summed E-state index contributed by atoms with van der Waals surface area (Å²) >= 11 is 12.3. The molecule has 0 aliphatic rings. The van der Waals surface area contributed by atoms with Crippen LogP contribution in [0.25, 0.3) is 0 Å². The van der Waals surface area contributed by atoms with Gasteiger partial charge in [-0.3, -0.25) is 0 Å². The Kier molecular flexibility index (Phi) is 6.71. The van der Waals surface area contributed by atoms with Crippen LogP contribution in [0.5, 0.6) is 0 Å². The van der Waals surface area contributed by atoms with Crippen LogP contribution in [0.1, 0.15) is 17.0 Å². The fourth-order valence-corrected chi connectivity index (χ4v) is 3.19. The second-order valence-electron chi connectivity index (χ2n) is 5.36. The fourth-order valence-electron chi connectivity index (χ4n) is 2.60. The number of halogens is 2. The van der Waals surface area contributed by atoms with Gasteiger partial charge in [-0.25, -0.2) is 0 Å². The molecule has 0 saturated heterocycles. The van der Waals surface area contributed by atoms with Gasteiger partial charge in [-0.05, 0) is 17.5 Å². The van der Waals surface area contributed by atoms with Gasteiger partial charge < -0.3 is 10.2 Å². The molecule has 2 N–H and O–H groups in total. The molecule has 0 amide bonds. The van der Waals surface area contributed by atoms with Gasteiger partial charge in [0.05, 0.1) is 17.6 Å². The van der Waals surface area contributed by atoms with Gasteiger partial charge in [-0.1, -0.05) is 60.7 Å². The average molecular weight is 339 g/mol. The number of aliphatic hydroxyl groups excluding tert-OH is 2. The molecule has 0 fully saturated rings. The van der Waals surface area contributed by atoms with Crippen LogP contribution >= 0.6 is 23.2 Å². The summed E-state index contributed by atoms with van der Waals surface area (Å²) < 4.78 is 0. The molecular weight excluding hydrogens is 319 g/mol. The zero-order valence-electron chi connectivity index (χ0n) is 12.1. The Labute approximate surface area is 141 Å². The van der Waals surface area contributed by atoms with Crippen molar-refractivity contribution in [2.24, 2.45) is 0 Å². The predicted octanol–water partition coefficient (Wildman–Crippen LogP) is 3.58. The van der Waals surface area contributed by atoms with E-state index in [9.17, 15) is 10.2 Å². The quantitative estimate of drug-likeness (QED) is 0.757. The molecule has 4 atom stereocenters. The Balaban J connectivity index is 2.16. The fraction of sp³-hybridized carbons (Fsp3) is 0.333. The lowest BCUT2D eigenvalue weighted by molar-refractivity contribution is 0.109. The molecule has 2 unspecified atom stereocenters. The minimum absolute atomic E-state index is 0.0703. The highest BCUT2D eigenvalue weighted by Gasteiger charge is 2.32. The molecule has 118 valence electrons. The topological polar surface area (TPSA) is 40.5 Å². The first-order chi connectivity index (χ1) is 10.6. The van der Waals surface area contributed by atoms with Crippen molar-refractivity contribution in [1.29, 1.82) is 0 Å². The summed E-state index contributed by atoms with van der Waals surface area (Å²) in [6.07, 6.45) is -1.14. The van der Waals surface area contributed by atoms with E-state index in [0.29, 0.717) is 6.42 Å². The van der Waals surface area contributed by atoms with Crippen molar-refractivity contribution in [3.05, 3.63) is 71.8 Å². The number of rotatable bonds is 7. The Morgan fingerprint density at radius 1 is 0.818 bits per heavy atom. The van der Waals surface area contributed by atoms with Crippen molar-refractivity contribution in [1.82, 2.24) is 0 Å². The van der Waals surface area contributed by atoms with Crippen LogP contribution in [-0.4, -0.2) is 33.7 Å². The zero-order chi connectivity index (χ0) is 15.9. The summed E-state index contributed by atoms with van der Waals surface area (Å²) in [5.41, 5.74) is 1.88. The van der Waals surface area contributed by atoms with Crippen LogP contribution < -0.4 is 0 Å². The van der Waals surface area contributed by atoms with Crippen LogP contribution in [0.15, 0.2) is 60.7 Å². The molecule has 0 aliphatic heterocycles. The maximum Gasteiger partial charge on any atom is 0.0759 e. The van der Waals surface area contributed by atoms with Gasteiger partial charge in [-0.2, -0.15) is 0 Å². The van der Waals surface area contributed by atoms with E-state index in [1.807, 2.05) is 60.7 Å². The summed E-state index contributed by atoms with van der Waals surface area (Å²) in [7, 11) is 0. The van der Waals surface area contributed by atoms with Crippen LogP contribution in [-0.2, 0) is 6.42 Å². The highest BCUT2D eigenvalue weighted by molar-refractivity contribution is 6.22. The van der Waals surface area contributed by atoms with E-state index in [0.717, 1.165) is 11.1 Å². The van der Waals surface area contributed by atoms with Crippen molar-refractivity contribution in [3.8, 4) is 0 Å². The normalized spacial score (nSPS) is 16.7. The third-order valence-electron chi connectivity index (χ3n) is 3.76. The largest absolute Gasteiger partial charge is 0.391 e. The predicted molar refractivity (Wildman–Crippen MR) is 91.7 cm³/mol. The van der Waals surface area contributed by atoms with E-state index < -0.39 is 23.5 Å². The third-order valence-corrected chi connectivity index (χ3v) is 4.63. The highest BCUT2D eigenvalue weighted by atomic mass is 35.5. The Hall–Kier alpha value is -1.06.